The fraction of sp³-hybridized carbons (Fsp3) is 0.250. The van der Waals surface area contributed by atoms with Crippen LogP contribution in [0, 0.1) is 11.6 Å². The van der Waals surface area contributed by atoms with Gasteiger partial charge in [0.05, 0.1) is 0 Å². The van der Waals surface area contributed by atoms with E-state index in [1.54, 1.807) is 6.08 Å². The summed E-state index contributed by atoms with van der Waals surface area (Å²) in [7, 11) is 0. The first kappa shape index (κ1) is 11.6. The highest BCUT2D eigenvalue weighted by Crippen LogP contribution is 2.12. The summed E-state index contributed by atoms with van der Waals surface area (Å²) >= 11 is 0. The topological polar surface area (TPSA) is 17.1 Å². The fourth-order valence-corrected chi connectivity index (χ4v) is 1.22. The Morgan fingerprint density at radius 1 is 1.33 bits per heavy atom. The number of allylic oxidation sites excluding steroid dienone is 1. The molecule has 0 heterocycles. The molecule has 0 atom stereocenters. The summed E-state index contributed by atoms with van der Waals surface area (Å²) in [5.74, 6) is -2.09. The second-order valence-electron chi connectivity index (χ2n) is 3.23. The van der Waals surface area contributed by atoms with Crippen LogP contribution in [-0.2, 0) is 0 Å². The minimum atomic E-state index is -0.982. The van der Waals surface area contributed by atoms with E-state index in [-0.39, 0.29) is 11.3 Å². The summed E-state index contributed by atoms with van der Waals surface area (Å²) in [5, 5.41) is 0. The predicted octanol–water partition coefficient (Wildman–Crippen LogP) is 3.50. The third-order valence-electron chi connectivity index (χ3n) is 2.05. The molecule has 0 aliphatic carbocycles. The van der Waals surface area contributed by atoms with Crippen LogP contribution in [-0.4, -0.2) is 5.78 Å². The summed E-state index contributed by atoms with van der Waals surface area (Å²) in [6.45, 7) is 3.54. The zero-order chi connectivity index (χ0) is 11.3. The minimum absolute atomic E-state index is 0.171. The van der Waals surface area contributed by atoms with E-state index in [0.29, 0.717) is 12.8 Å². The van der Waals surface area contributed by atoms with E-state index >= 15 is 0 Å². The number of hydrogen-bond donors (Lipinski definition) is 0. The molecule has 0 amide bonds. The summed E-state index contributed by atoms with van der Waals surface area (Å²) in [5.41, 5.74) is 0.220. The lowest BCUT2D eigenvalue weighted by molar-refractivity contribution is 0.0980. The highest BCUT2D eigenvalue weighted by molar-refractivity contribution is 5.95. The zero-order valence-corrected chi connectivity index (χ0v) is 8.30. The Hall–Kier alpha value is -1.51. The molecular weight excluding hydrogens is 198 g/mol. The Kier molecular flexibility index (Phi) is 4.16. The number of benzene rings is 1. The molecule has 0 unspecified atom stereocenters. The van der Waals surface area contributed by atoms with Gasteiger partial charge >= 0.3 is 0 Å². The quantitative estimate of drug-likeness (QED) is 0.413. The van der Waals surface area contributed by atoms with Crippen LogP contribution >= 0.6 is 0 Å². The molecule has 0 spiro atoms. The molecule has 1 nitrogen and oxygen atoms in total. The fourth-order valence-electron chi connectivity index (χ4n) is 1.22. The number of Topliss-reactive ketones (excluding diaryl/α,β-unsaturated/α-hetero) is 1. The second kappa shape index (κ2) is 5.39. The van der Waals surface area contributed by atoms with E-state index in [0.717, 1.165) is 18.6 Å². The summed E-state index contributed by atoms with van der Waals surface area (Å²) < 4.78 is 25.4. The molecule has 0 radical (unpaired) electrons. The van der Waals surface area contributed by atoms with E-state index in [1.807, 2.05) is 0 Å². The lowest BCUT2D eigenvalue weighted by Crippen LogP contribution is -2.00. The van der Waals surface area contributed by atoms with Crippen LogP contribution in [0.25, 0.3) is 0 Å². The molecular formula is C12H12F2O. The van der Waals surface area contributed by atoms with Gasteiger partial charge in [-0.3, -0.25) is 4.79 Å². The predicted molar refractivity (Wildman–Crippen MR) is 54.7 cm³/mol. The van der Waals surface area contributed by atoms with Crippen LogP contribution in [0.15, 0.2) is 30.9 Å². The van der Waals surface area contributed by atoms with Crippen molar-refractivity contribution in [2.24, 2.45) is 0 Å². The molecule has 0 saturated heterocycles. The van der Waals surface area contributed by atoms with E-state index in [1.165, 1.54) is 6.07 Å². The third kappa shape index (κ3) is 3.27. The van der Waals surface area contributed by atoms with E-state index in [4.69, 9.17) is 0 Å². The number of unbranched alkanes of at least 4 members (excludes halogenated alkanes) is 1. The van der Waals surface area contributed by atoms with Gasteiger partial charge in [0.25, 0.3) is 0 Å². The molecule has 1 aromatic carbocycles. The molecule has 3 heteroatoms. The molecule has 80 valence electrons. The van der Waals surface area contributed by atoms with Crippen molar-refractivity contribution in [3.05, 3.63) is 48.1 Å². The molecule has 1 aromatic rings. The summed E-state index contributed by atoms with van der Waals surface area (Å²) in [6.07, 6.45) is 3.48. The highest BCUT2D eigenvalue weighted by atomic mass is 19.2. The van der Waals surface area contributed by atoms with Crippen molar-refractivity contribution < 1.29 is 13.6 Å². The lowest BCUT2D eigenvalue weighted by Gasteiger charge is -2.00. The van der Waals surface area contributed by atoms with Gasteiger partial charge in [-0.25, -0.2) is 8.78 Å². The smallest absolute Gasteiger partial charge is 0.162 e. The van der Waals surface area contributed by atoms with Crippen molar-refractivity contribution >= 4 is 5.78 Å². The number of ketones is 1. The van der Waals surface area contributed by atoms with Gasteiger partial charge in [0.2, 0.25) is 0 Å². The van der Waals surface area contributed by atoms with Crippen LogP contribution in [0.3, 0.4) is 0 Å². The van der Waals surface area contributed by atoms with Gasteiger partial charge < -0.3 is 0 Å². The Bertz CT molecular complexity index is 372. The molecule has 0 aliphatic rings. The lowest BCUT2D eigenvalue weighted by atomic mass is 10.1. The SMILES string of the molecule is C=CCCCC(=O)c1ccc(F)c(F)c1. The Labute approximate surface area is 87.4 Å². The third-order valence-corrected chi connectivity index (χ3v) is 2.05. The van der Waals surface area contributed by atoms with E-state index < -0.39 is 11.6 Å². The van der Waals surface area contributed by atoms with Gasteiger partial charge in [-0.05, 0) is 31.0 Å². The van der Waals surface area contributed by atoms with Crippen molar-refractivity contribution in [3.63, 3.8) is 0 Å². The standard InChI is InChI=1S/C12H12F2O/c1-2-3-4-5-12(15)9-6-7-10(13)11(14)8-9/h2,6-8H,1,3-5H2. The first-order valence-electron chi connectivity index (χ1n) is 4.74. The molecule has 0 aliphatic heterocycles. The Morgan fingerprint density at radius 2 is 2.07 bits per heavy atom. The van der Waals surface area contributed by atoms with Gasteiger partial charge in [-0.2, -0.15) is 0 Å². The van der Waals surface area contributed by atoms with Gasteiger partial charge in [-0.15, -0.1) is 6.58 Å². The van der Waals surface area contributed by atoms with Crippen LogP contribution in [0.2, 0.25) is 0 Å². The molecule has 0 aromatic heterocycles. The average molecular weight is 210 g/mol. The van der Waals surface area contributed by atoms with E-state index in [9.17, 15) is 13.6 Å². The normalized spacial score (nSPS) is 10.0. The maximum Gasteiger partial charge on any atom is 0.162 e. The van der Waals surface area contributed by atoms with Crippen LogP contribution in [0.4, 0.5) is 8.78 Å². The summed E-state index contributed by atoms with van der Waals surface area (Å²) in [4.78, 5) is 11.5. The van der Waals surface area contributed by atoms with Crippen molar-refractivity contribution in [3.8, 4) is 0 Å². The van der Waals surface area contributed by atoms with Crippen molar-refractivity contribution in [1.82, 2.24) is 0 Å². The summed E-state index contributed by atoms with van der Waals surface area (Å²) in [6, 6.07) is 3.20. The second-order valence-corrected chi connectivity index (χ2v) is 3.23. The molecule has 0 fully saturated rings. The van der Waals surface area contributed by atoms with Crippen molar-refractivity contribution in [2.45, 2.75) is 19.3 Å². The Balaban J connectivity index is 2.65. The van der Waals surface area contributed by atoms with Crippen molar-refractivity contribution in [2.75, 3.05) is 0 Å². The Morgan fingerprint density at radius 3 is 2.67 bits per heavy atom. The first-order valence-corrected chi connectivity index (χ1v) is 4.74. The highest BCUT2D eigenvalue weighted by Gasteiger charge is 2.08. The zero-order valence-electron chi connectivity index (χ0n) is 8.30. The number of rotatable bonds is 5. The monoisotopic (exact) mass is 210 g/mol. The number of hydrogen-bond acceptors (Lipinski definition) is 1. The van der Waals surface area contributed by atoms with Crippen LogP contribution in [0.1, 0.15) is 29.6 Å². The number of halogens is 2. The van der Waals surface area contributed by atoms with Gasteiger partial charge in [0, 0.05) is 12.0 Å². The van der Waals surface area contributed by atoms with E-state index in [2.05, 4.69) is 6.58 Å². The van der Waals surface area contributed by atoms with Gasteiger partial charge in [0.15, 0.2) is 17.4 Å². The van der Waals surface area contributed by atoms with Gasteiger partial charge in [0.1, 0.15) is 0 Å². The molecule has 1 rings (SSSR count). The van der Waals surface area contributed by atoms with Crippen LogP contribution < -0.4 is 0 Å². The number of carbonyl (C=O) groups excluding carboxylic acids is 1. The molecule has 15 heavy (non-hydrogen) atoms. The average Bonchev–Trinajstić information content (AvgIpc) is 2.22. The van der Waals surface area contributed by atoms with Crippen molar-refractivity contribution in [1.29, 1.82) is 0 Å². The maximum atomic E-state index is 12.8. The molecule has 0 saturated carbocycles. The largest absolute Gasteiger partial charge is 0.294 e. The maximum absolute atomic E-state index is 12.8. The first-order chi connectivity index (χ1) is 7.15. The van der Waals surface area contributed by atoms with Gasteiger partial charge in [-0.1, -0.05) is 6.08 Å². The number of carbonyl (C=O) groups is 1. The molecule has 0 bridgehead atoms. The molecule has 0 N–H and O–H groups in total. The minimum Gasteiger partial charge on any atom is -0.294 e. The van der Waals surface area contributed by atoms with Crippen LogP contribution in [0.5, 0.6) is 0 Å².